The van der Waals surface area contributed by atoms with Gasteiger partial charge in [0, 0.05) is 17.7 Å². The molecule has 4 heteroatoms. The summed E-state index contributed by atoms with van der Waals surface area (Å²) in [5, 5.41) is 4.01. The van der Waals surface area contributed by atoms with Gasteiger partial charge >= 0.3 is 0 Å². The predicted molar refractivity (Wildman–Crippen MR) is 82.7 cm³/mol. The van der Waals surface area contributed by atoms with Crippen LogP contribution in [0.15, 0.2) is 53.1 Å². The first kappa shape index (κ1) is 13.4. The molecule has 3 rings (SSSR count). The summed E-state index contributed by atoms with van der Waals surface area (Å²) >= 11 is 0. The number of hydrogen-bond donors (Lipinski definition) is 1. The number of hydrogen-bond acceptors (Lipinski definition) is 4. The van der Waals surface area contributed by atoms with Crippen molar-refractivity contribution in [3.05, 3.63) is 65.5 Å². The monoisotopic (exact) mass is 279 g/mol. The fraction of sp³-hybridized carbons (Fsp3) is 0.176. The Morgan fingerprint density at radius 3 is 2.62 bits per heavy atom. The van der Waals surface area contributed by atoms with Crippen LogP contribution >= 0.6 is 0 Å². The Labute approximate surface area is 123 Å². The summed E-state index contributed by atoms with van der Waals surface area (Å²) in [5.74, 6) is 1.23. The first-order chi connectivity index (χ1) is 10.2. The molecule has 0 unspecified atom stereocenters. The Kier molecular flexibility index (Phi) is 3.69. The molecule has 106 valence electrons. The van der Waals surface area contributed by atoms with Crippen LogP contribution in [0, 0.1) is 6.92 Å². The van der Waals surface area contributed by atoms with Crippen molar-refractivity contribution in [3.63, 3.8) is 0 Å². The zero-order valence-electron chi connectivity index (χ0n) is 11.9. The van der Waals surface area contributed by atoms with Gasteiger partial charge in [-0.05, 0) is 31.0 Å². The van der Waals surface area contributed by atoms with Crippen molar-refractivity contribution < 1.29 is 4.52 Å². The highest BCUT2D eigenvalue weighted by Crippen LogP contribution is 2.18. The van der Waals surface area contributed by atoms with Gasteiger partial charge in [-0.25, -0.2) is 0 Å². The molecular weight excluding hydrogens is 262 g/mol. The summed E-state index contributed by atoms with van der Waals surface area (Å²) in [4.78, 5) is 4.42. The minimum absolute atomic E-state index is 0.584. The Bertz CT molecular complexity index is 732. The fourth-order valence-electron chi connectivity index (χ4n) is 2.16. The molecule has 0 saturated carbocycles. The molecule has 0 radical (unpaired) electrons. The van der Waals surface area contributed by atoms with Gasteiger partial charge in [0.1, 0.15) is 0 Å². The molecule has 0 fully saturated rings. The highest BCUT2D eigenvalue weighted by Gasteiger charge is 2.08. The van der Waals surface area contributed by atoms with Gasteiger partial charge in [-0.3, -0.25) is 0 Å². The summed E-state index contributed by atoms with van der Waals surface area (Å²) in [6.07, 6.45) is 1.62. The van der Waals surface area contributed by atoms with Gasteiger partial charge < -0.3 is 10.3 Å². The molecule has 1 heterocycles. The molecule has 0 aliphatic heterocycles. The molecule has 1 aromatic heterocycles. The van der Waals surface area contributed by atoms with Crippen molar-refractivity contribution in [2.75, 3.05) is 5.73 Å². The maximum Gasteiger partial charge on any atom is 0.227 e. The molecule has 21 heavy (non-hydrogen) atoms. The van der Waals surface area contributed by atoms with Crippen molar-refractivity contribution in [1.29, 1.82) is 0 Å². The zero-order chi connectivity index (χ0) is 14.7. The van der Waals surface area contributed by atoms with Crippen LogP contribution in [0.3, 0.4) is 0 Å². The Hall–Kier alpha value is -2.62. The number of nitrogen functional groups attached to an aromatic ring is 1. The molecule has 0 aliphatic carbocycles. The van der Waals surface area contributed by atoms with Crippen LogP contribution in [0.2, 0.25) is 0 Å². The van der Waals surface area contributed by atoms with Crippen LogP contribution in [-0.4, -0.2) is 10.1 Å². The van der Waals surface area contributed by atoms with E-state index < -0.39 is 0 Å². The smallest absolute Gasteiger partial charge is 0.227 e. The Morgan fingerprint density at radius 2 is 1.86 bits per heavy atom. The number of nitrogens with zero attached hydrogens (tertiary/aromatic N) is 2. The second kappa shape index (κ2) is 5.79. The molecule has 2 aromatic carbocycles. The van der Waals surface area contributed by atoms with Crippen molar-refractivity contribution >= 4 is 5.69 Å². The summed E-state index contributed by atoms with van der Waals surface area (Å²) in [6.45, 7) is 2.08. The van der Waals surface area contributed by atoms with E-state index in [4.69, 9.17) is 10.3 Å². The van der Waals surface area contributed by atoms with Gasteiger partial charge in [0.25, 0.3) is 0 Å². The normalized spacial score (nSPS) is 10.7. The summed E-state index contributed by atoms with van der Waals surface area (Å²) < 4.78 is 5.30. The standard InChI is InChI=1S/C17H17N3O/c1-12-5-7-13(8-6-12)9-10-16-19-17(20-21-16)14-3-2-4-15(18)11-14/h2-8,11H,9-10,18H2,1H3. The van der Waals surface area contributed by atoms with E-state index in [0.29, 0.717) is 17.4 Å². The van der Waals surface area contributed by atoms with Crippen molar-refractivity contribution in [1.82, 2.24) is 10.1 Å². The maximum atomic E-state index is 5.76. The minimum Gasteiger partial charge on any atom is -0.399 e. The highest BCUT2D eigenvalue weighted by atomic mass is 16.5. The quantitative estimate of drug-likeness (QED) is 0.743. The van der Waals surface area contributed by atoms with E-state index in [1.54, 1.807) is 0 Å². The van der Waals surface area contributed by atoms with E-state index in [1.165, 1.54) is 11.1 Å². The number of rotatable bonds is 4. The van der Waals surface area contributed by atoms with E-state index in [9.17, 15) is 0 Å². The molecule has 3 aromatic rings. The molecule has 2 N–H and O–H groups in total. The third-order valence-electron chi connectivity index (χ3n) is 3.36. The molecular formula is C17H17N3O. The number of aryl methyl sites for hydroxylation is 3. The Morgan fingerprint density at radius 1 is 1.05 bits per heavy atom. The van der Waals surface area contributed by atoms with Gasteiger partial charge in [0.2, 0.25) is 11.7 Å². The lowest BCUT2D eigenvalue weighted by molar-refractivity contribution is 0.379. The largest absolute Gasteiger partial charge is 0.399 e. The molecule has 0 spiro atoms. The number of benzene rings is 2. The minimum atomic E-state index is 0.584. The van der Waals surface area contributed by atoms with Crippen LogP contribution in [0.4, 0.5) is 5.69 Å². The second-order valence-corrected chi connectivity index (χ2v) is 5.12. The lowest BCUT2D eigenvalue weighted by Gasteiger charge is -1.98. The van der Waals surface area contributed by atoms with E-state index in [1.807, 2.05) is 24.3 Å². The maximum absolute atomic E-state index is 5.76. The van der Waals surface area contributed by atoms with Crippen molar-refractivity contribution in [2.24, 2.45) is 0 Å². The van der Waals surface area contributed by atoms with Gasteiger partial charge in [0.15, 0.2) is 0 Å². The van der Waals surface area contributed by atoms with Gasteiger partial charge in [0.05, 0.1) is 0 Å². The zero-order valence-corrected chi connectivity index (χ0v) is 11.9. The van der Waals surface area contributed by atoms with Crippen LogP contribution < -0.4 is 5.73 Å². The lowest BCUT2D eigenvalue weighted by Crippen LogP contribution is -1.92. The van der Waals surface area contributed by atoms with Crippen LogP contribution in [0.1, 0.15) is 17.0 Å². The van der Waals surface area contributed by atoms with E-state index in [-0.39, 0.29) is 0 Å². The van der Waals surface area contributed by atoms with E-state index in [2.05, 4.69) is 41.3 Å². The second-order valence-electron chi connectivity index (χ2n) is 5.12. The van der Waals surface area contributed by atoms with Gasteiger partial charge in [-0.2, -0.15) is 4.98 Å². The molecule has 0 bridgehead atoms. The molecule has 0 amide bonds. The summed E-state index contributed by atoms with van der Waals surface area (Å²) in [5.41, 5.74) is 9.86. The van der Waals surface area contributed by atoms with Crippen LogP contribution in [0.25, 0.3) is 11.4 Å². The number of nitrogens with two attached hydrogens (primary N) is 1. The van der Waals surface area contributed by atoms with Crippen LogP contribution in [0.5, 0.6) is 0 Å². The highest BCUT2D eigenvalue weighted by molar-refractivity contribution is 5.60. The molecule has 0 atom stereocenters. The number of anilines is 1. The van der Waals surface area contributed by atoms with Gasteiger partial charge in [-0.15, -0.1) is 0 Å². The third-order valence-corrected chi connectivity index (χ3v) is 3.36. The average Bonchev–Trinajstić information content (AvgIpc) is 2.96. The molecule has 4 nitrogen and oxygen atoms in total. The first-order valence-corrected chi connectivity index (χ1v) is 6.95. The SMILES string of the molecule is Cc1ccc(CCc2nc(-c3cccc(N)c3)no2)cc1. The van der Waals surface area contributed by atoms with Crippen LogP contribution in [-0.2, 0) is 12.8 Å². The van der Waals surface area contributed by atoms with E-state index in [0.717, 1.165) is 18.4 Å². The van der Waals surface area contributed by atoms with Crippen molar-refractivity contribution in [2.45, 2.75) is 19.8 Å². The fourth-order valence-corrected chi connectivity index (χ4v) is 2.16. The third kappa shape index (κ3) is 3.28. The first-order valence-electron chi connectivity index (χ1n) is 6.95. The lowest BCUT2D eigenvalue weighted by atomic mass is 10.1. The molecule has 0 aliphatic rings. The topological polar surface area (TPSA) is 64.9 Å². The summed E-state index contributed by atoms with van der Waals surface area (Å²) in [7, 11) is 0. The van der Waals surface area contributed by atoms with Gasteiger partial charge in [-0.1, -0.05) is 47.1 Å². The van der Waals surface area contributed by atoms with Crippen molar-refractivity contribution in [3.8, 4) is 11.4 Å². The Balaban J connectivity index is 1.69. The summed E-state index contributed by atoms with van der Waals surface area (Å²) in [6, 6.07) is 16.0. The molecule has 0 saturated heterocycles. The predicted octanol–water partition coefficient (Wildman–Crippen LogP) is 3.41. The number of aromatic nitrogens is 2. The van der Waals surface area contributed by atoms with E-state index >= 15 is 0 Å². The average molecular weight is 279 g/mol.